The first-order valence-electron chi connectivity index (χ1n) is 10.0. The average molecular weight is 458 g/mol. The van der Waals surface area contributed by atoms with Gasteiger partial charge in [0.1, 0.15) is 16.3 Å². The maximum absolute atomic E-state index is 12.7. The van der Waals surface area contributed by atoms with Gasteiger partial charge in [0, 0.05) is 15.5 Å². The molecule has 31 heavy (non-hydrogen) atoms. The summed E-state index contributed by atoms with van der Waals surface area (Å²) in [5, 5.41) is 3.86. The van der Waals surface area contributed by atoms with E-state index >= 15 is 0 Å². The van der Waals surface area contributed by atoms with Crippen molar-refractivity contribution >= 4 is 39.8 Å². The van der Waals surface area contributed by atoms with Gasteiger partial charge in [-0.2, -0.15) is 0 Å². The van der Waals surface area contributed by atoms with Crippen molar-refractivity contribution < 1.29 is 19.1 Å². The van der Waals surface area contributed by atoms with Crippen LogP contribution in [0.3, 0.4) is 0 Å². The minimum Gasteiger partial charge on any atom is -0.484 e. The SMILES string of the molecule is CCOC(=O)c1c(NC(=O)COc2ccc(CC)cc2)sc(C)c1-c1ccc(Cl)cc1. The lowest BCUT2D eigenvalue weighted by atomic mass is 10.0. The van der Waals surface area contributed by atoms with Crippen molar-refractivity contribution in [3.8, 4) is 16.9 Å². The van der Waals surface area contributed by atoms with Gasteiger partial charge in [-0.15, -0.1) is 11.3 Å². The summed E-state index contributed by atoms with van der Waals surface area (Å²) in [5.74, 6) is -0.223. The molecule has 1 aromatic heterocycles. The van der Waals surface area contributed by atoms with Gasteiger partial charge in [0.15, 0.2) is 6.61 Å². The highest BCUT2D eigenvalue weighted by atomic mass is 35.5. The van der Waals surface area contributed by atoms with E-state index in [1.165, 1.54) is 16.9 Å². The van der Waals surface area contributed by atoms with Gasteiger partial charge in [-0.25, -0.2) is 4.79 Å². The minimum absolute atomic E-state index is 0.166. The predicted molar refractivity (Wildman–Crippen MR) is 125 cm³/mol. The number of thiophene rings is 1. The molecule has 3 aromatic rings. The molecule has 1 N–H and O–H groups in total. The number of aryl methyl sites for hydroxylation is 2. The first-order valence-corrected chi connectivity index (χ1v) is 11.2. The summed E-state index contributed by atoms with van der Waals surface area (Å²) in [6, 6.07) is 14.8. The number of amides is 1. The quantitative estimate of drug-likeness (QED) is 0.413. The Balaban J connectivity index is 1.82. The Morgan fingerprint density at radius 3 is 2.32 bits per heavy atom. The van der Waals surface area contributed by atoms with Crippen LogP contribution < -0.4 is 10.1 Å². The molecule has 1 heterocycles. The van der Waals surface area contributed by atoms with Crippen molar-refractivity contribution in [3.63, 3.8) is 0 Å². The van der Waals surface area contributed by atoms with Crippen LogP contribution in [0.4, 0.5) is 5.00 Å². The predicted octanol–water partition coefficient (Wildman–Crippen LogP) is 6.13. The summed E-state index contributed by atoms with van der Waals surface area (Å²) in [7, 11) is 0. The molecule has 3 rings (SSSR count). The van der Waals surface area contributed by atoms with Gasteiger partial charge in [0.05, 0.1) is 6.61 Å². The molecule has 0 bridgehead atoms. The number of hydrogen-bond acceptors (Lipinski definition) is 5. The normalized spacial score (nSPS) is 10.6. The second-order valence-electron chi connectivity index (χ2n) is 6.80. The number of benzene rings is 2. The Morgan fingerprint density at radius 1 is 1.03 bits per heavy atom. The van der Waals surface area contributed by atoms with Crippen LogP contribution in [-0.2, 0) is 16.0 Å². The third kappa shape index (κ3) is 5.66. The van der Waals surface area contributed by atoms with Crippen molar-refractivity contribution in [3.05, 3.63) is 69.6 Å². The molecule has 0 unspecified atom stereocenters. The zero-order valence-corrected chi connectivity index (χ0v) is 19.2. The van der Waals surface area contributed by atoms with E-state index in [1.54, 1.807) is 19.1 Å². The van der Waals surface area contributed by atoms with Crippen molar-refractivity contribution in [2.45, 2.75) is 27.2 Å². The molecule has 1 amide bonds. The van der Waals surface area contributed by atoms with E-state index in [0.29, 0.717) is 21.3 Å². The molecular weight excluding hydrogens is 434 g/mol. The van der Waals surface area contributed by atoms with E-state index in [1.807, 2.05) is 43.3 Å². The molecule has 0 fully saturated rings. The van der Waals surface area contributed by atoms with Crippen LogP contribution in [0, 0.1) is 6.92 Å². The summed E-state index contributed by atoms with van der Waals surface area (Å²) in [6.07, 6.45) is 0.936. The van der Waals surface area contributed by atoms with Crippen molar-refractivity contribution in [1.82, 2.24) is 0 Å². The Bertz CT molecular complexity index is 1060. The summed E-state index contributed by atoms with van der Waals surface area (Å²) < 4.78 is 10.8. The standard InChI is InChI=1S/C24H24ClNO4S/c1-4-16-6-12-19(13-7-16)30-14-20(27)26-23-22(24(28)29-5-2)21(15(3)31-23)17-8-10-18(25)11-9-17/h6-13H,4-5,14H2,1-3H3,(H,26,27). The molecule has 2 aromatic carbocycles. The van der Waals surface area contributed by atoms with Crippen LogP contribution in [0.5, 0.6) is 5.75 Å². The van der Waals surface area contributed by atoms with Gasteiger partial charge in [0.25, 0.3) is 5.91 Å². The molecule has 162 valence electrons. The largest absolute Gasteiger partial charge is 0.484 e. The third-order valence-electron chi connectivity index (χ3n) is 4.65. The Kier molecular flexibility index (Phi) is 7.71. The van der Waals surface area contributed by atoms with Crippen LogP contribution in [0.2, 0.25) is 5.02 Å². The average Bonchev–Trinajstić information content (AvgIpc) is 3.09. The lowest BCUT2D eigenvalue weighted by molar-refractivity contribution is -0.118. The van der Waals surface area contributed by atoms with E-state index in [4.69, 9.17) is 21.1 Å². The fraction of sp³-hybridized carbons (Fsp3) is 0.250. The highest BCUT2D eigenvalue weighted by Crippen LogP contribution is 2.40. The van der Waals surface area contributed by atoms with E-state index in [-0.39, 0.29) is 19.1 Å². The first-order chi connectivity index (χ1) is 14.9. The fourth-order valence-electron chi connectivity index (χ4n) is 3.13. The lowest BCUT2D eigenvalue weighted by Gasteiger charge is -2.10. The molecule has 0 aliphatic carbocycles. The van der Waals surface area contributed by atoms with Gasteiger partial charge in [-0.1, -0.05) is 42.8 Å². The second kappa shape index (κ2) is 10.5. The first kappa shape index (κ1) is 22.8. The number of rotatable bonds is 8. The maximum atomic E-state index is 12.7. The lowest BCUT2D eigenvalue weighted by Crippen LogP contribution is -2.21. The van der Waals surface area contributed by atoms with Crippen LogP contribution in [0.15, 0.2) is 48.5 Å². The van der Waals surface area contributed by atoms with Crippen LogP contribution in [0.1, 0.15) is 34.6 Å². The summed E-state index contributed by atoms with van der Waals surface area (Å²) >= 11 is 7.34. The van der Waals surface area contributed by atoms with Gasteiger partial charge in [-0.05, 0) is 55.7 Å². The molecule has 5 nitrogen and oxygen atoms in total. The molecule has 0 aliphatic rings. The minimum atomic E-state index is -0.483. The highest BCUT2D eigenvalue weighted by Gasteiger charge is 2.25. The van der Waals surface area contributed by atoms with E-state index in [2.05, 4.69) is 12.2 Å². The summed E-state index contributed by atoms with van der Waals surface area (Å²) in [5.41, 5.74) is 3.09. The topological polar surface area (TPSA) is 64.6 Å². The Hall–Kier alpha value is -2.83. The third-order valence-corrected chi connectivity index (χ3v) is 5.92. The zero-order chi connectivity index (χ0) is 22.4. The van der Waals surface area contributed by atoms with Crippen LogP contribution in [-0.4, -0.2) is 25.1 Å². The van der Waals surface area contributed by atoms with Gasteiger partial charge >= 0.3 is 5.97 Å². The Labute approximate surface area is 191 Å². The fourth-order valence-corrected chi connectivity index (χ4v) is 4.33. The smallest absolute Gasteiger partial charge is 0.341 e. The number of ether oxygens (including phenoxy) is 2. The molecule has 0 radical (unpaired) electrons. The molecule has 0 saturated carbocycles. The van der Waals surface area contributed by atoms with Crippen molar-refractivity contribution in [2.24, 2.45) is 0 Å². The summed E-state index contributed by atoms with van der Waals surface area (Å²) in [6.45, 7) is 5.79. The van der Waals surface area contributed by atoms with E-state index < -0.39 is 5.97 Å². The van der Waals surface area contributed by atoms with Crippen LogP contribution in [0.25, 0.3) is 11.1 Å². The summed E-state index contributed by atoms with van der Waals surface area (Å²) in [4.78, 5) is 26.2. The van der Waals surface area contributed by atoms with Gasteiger partial charge in [0.2, 0.25) is 0 Å². The molecule has 0 spiro atoms. The van der Waals surface area contributed by atoms with Crippen molar-refractivity contribution in [2.75, 3.05) is 18.5 Å². The van der Waals surface area contributed by atoms with Crippen molar-refractivity contribution in [1.29, 1.82) is 0 Å². The number of nitrogens with one attached hydrogen (secondary N) is 1. The number of hydrogen-bond donors (Lipinski definition) is 1. The number of carbonyl (C=O) groups is 2. The second-order valence-corrected chi connectivity index (χ2v) is 8.46. The molecule has 0 saturated heterocycles. The molecule has 0 atom stereocenters. The van der Waals surface area contributed by atoms with E-state index in [0.717, 1.165) is 22.4 Å². The molecule has 0 aliphatic heterocycles. The number of anilines is 1. The number of halogens is 1. The molecule has 7 heteroatoms. The van der Waals surface area contributed by atoms with Gasteiger partial charge < -0.3 is 14.8 Å². The highest BCUT2D eigenvalue weighted by molar-refractivity contribution is 7.17. The number of esters is 1. The Morgan fingerprint density at radius 2 is 1.71 bits per heavy atom. The monoisotopic (exact) mass is 457 g/mol. The number of carbonyl (C=O) groups excluding carboxylic acids is 2. The van der Waals surface area contributed by atoms with Crippen LogP contribution >= 0.6 is 22.9 Å². The maximum Gasteiger partial charge on any atom is 0.341 e. The molecular formula is C24H24ClNO4S. The van der Waals surface area contributed by atoms with E-state index in [9.17, 15) is 9.59 Å². The zero-order valence-electron chi connectivity index (χ0n) is 17.7. The van der Waals surface area contributed by atoms with Gasteiger partial charge in [-0.3, -0.25) is 4.79 Å².